The molecule has 1 fully saturated rings. The molecule has 0 amide bonds. The van der Waals surface area contributed by atoms with Crippen molar-refractivity contribution in [1.82, 2.24) is 0 Å². The maximum Gasteiger partial charge on any atom is 0.0997 e. The highest BCUT2D eigenvalue weighted by atomic mass is 16.5. The quantitative estimate of drug-likeness (QED) is 0.239. The van der Waals surface area contributed by atoms with Crippen LogP contribution in [0.3, 0.4) is 0 Å². The van der Waals surface area contributed by atoms with Crippen LogP contribution in [0, 0.1) is 22.7 Å². The molecule has 1 heterocycles. The molecule has 3 nitrogen and oxygen atoms in total. The van der Waals surface area contributed by atoms with Gasteiger partial charge in [0.05, 0.1) is 17.3 Å². The third-order valence-electron chi connectivity index (χ3n) is 9.66. The number of hydrogen-bond acceptors (Lipinski definition) is 3. The summed E-state index contributed by atoms with van der Waals surface area (Å²) in [5.74, 6) is 0.977. The fourth-order valence-corrected chi connectivity index (χ4v) is 6.36. The Kier molecular flexibility index (Phi) is 8.39. The SMILES string of the molecule is C=C1C(C)=C(C)C(C#N)=C1CC1C=C1Cc1ccc(C2CCOCC2)cc1N=C(C)C(CC)(CC)CC. The first-order chi connectivity index (χ1) is 17.8. The van der Waals surface area contributed by atoms with E-state index in [0.29, 0.717) is 11.8 Å². The lowest BCUT2D eigenvalue weighted by Crippen LogP contribution is -2.26. The van der Waals surface area contributed by atoms with Gasteiger partial charge in [-0.1, -0.05) is 51.1 Å². The number of benzene rings is 1. The smallest absolute Gasteiger partial charge is 0.0997 e. The number of rotatable bonds is 10. The summed E-state index contributed by atoms with van der Waals surface area (Å²) >= 11 is 0. The minimum Gasteiger partial charge on any atom is -0.381 e. The molecule has 0 saturated carbocycles. The van der Waals surface area contributed by atoms with Crippen molar-refractivity contribution in [1.29, 1.82) is 5.26 Å². The van der Waals surface area contributed by atoms with Crippen molar-refractivity contribution in [2.45, 2.75) is 92.4 Å². The summed E-state index contributed by atoms with van der Waals surface area (Å²) in [5.41, 5.74) is 12.0. The first-order valence-electron chi connectivity index (χ1n) is 14.3. The molecular formula is C34H44N2O. The van der Waals surface area contributed by atoms with Gasteiger partial charge in [0.15, 0.2) is 0 Å². The fraction of sp³-hybridized carbons (Fsp3) is 0.529. The van der Waals surface area contributed by atoms with E-state index in [1.807, 2.05) is 6.92 Å². The summed E-state index contributed by atoms with van der Waals surface area (Å²) in [6, 6.07) is 9.45. The average Bonchev–Trinajstić information content (AvgIpc) is 3.62. The molecule has 1 aromatic carbocycles. The molecule has 0 N–H and O–H groups in total. The Morgan fingerprint density at radius 1 is 1.11 bits per heavy atom. The van der Waals surface area contributed by atoms with Gasteiger partial charge in [-0.05, 0) is 111 Å². The monoisotopic (exact) mass is 496 g/mol. The molecule has 1 unspecified atom stereocenters. The van der Waals surface area contributed by atoms with Crippen LogP contribution in [0.15, 0.2) is 69.3 Å². The predicted octanol–water partition coefficient (Wildman–Crippen LogP) is 9.10. The Hall–Kier alpha value is -2.70. The van der Waals surface area contributed by atoms with E-state index in [-0.39, 0.29) is 5.41 Å². The van der Waals surface area contributed by atoms with Crippen LogP contribution in [-0.2, 0) is 11.2 Å². The second-order valence-corrected chi connectivity index (χ2v) is 11.2. The molecule has 0 aromatic heterocycles. The van der Waals surface area contributed by atoms with E-state index in [0.717, 1.165) is 91.7 Å². The van der Waals surface area contributed by atoms with Gasteiger partial charge >= 0.3 is 0 Å². The minimum atomic E-state index is 0.166. The largest absolute Gasteiger partial charge is 0.381 e. The first kappa shape index (κ1) is 27.3. The molecule has 2 aliphatic carbocycles. The summed E-state index contributed by atoms with van der Waals surface area (Å²) in [6.45, 7) is 19.2. The standard InChI is InChI=1S/C34H44N2O/c1-8-34(9-2,10-3)25(7)36-33-20-27(26-13-15-37-16-14-26)11-12-28(33)17-29-18-30(29)19-31-23(5)22(4)24(6)32(31)21-35/h11-12,18,20,26,30H,5,8-10,13-17,19H2,1-4,6-7H3. The van der Waals surface area contributed by atoms with E-state index >= 15 is 0 Å². The van der Waals surface area contributed by atoms with Crippen molar-refractivity contribution >= 4 is 11.4 Å². The summed E-state index contributed by atoms with van der Waals surface area (Å²) in [5, 5.41) is 9.73. The maximum atomic E-state index is 9.73. The van der Waals surface area contributed by atoms with Crippen LogP contribution in [0.2, 0.25) is 0 Å². The van der Waals surface area contributed by atoms with E-state index in [9.17, 15) is 5.26 Å². The zero-order valence-electron chi connectivity index (χ0n) is 23.8. The Balaban J connectivity index is 1.58. The molecule has 3 heteroatoms. The van der Waals surface area contributed by atoms with E-state index in [1.165, 1.54) is 22.4 Å². The highest BCUT2D eigenvalue weighted by Gasteiger charge is 2.32. The van der Waals surface area contributed by atoms with Gasteiger partial charge in [0, 0.05) is 30.3 Å². The Morgan fingerprint density at radius 2 is 1.78 bits per heavy atom. The van der Waals surface area contributed by atoms with Gasteiger partial charge in [-0.15, -0.1) is 0 Å². The molecule has 196 valence electrons. The van der Waals surface area contributed by atoms with Crippen LogP contribution >= 0.6 is 0 Å². The average molecular weight is 497 g/mol. The summed E-state index contributed by atoms with van der Waals surface area (Å²) in [7, 11) is 0. The Morgan fingerprint density at radius 3 is 2.41 bits per heavy atom. The molecule has 1 saturated heterocycles. The number of allylic oxidation sites excluding steroid dienone is 7. The lowest BCUT2D eigenvalue weighted by Gasteiger charge is -2.31. The van der Waals surface area contributed by atoms with Crippen LogP contribution < -0.4 is 0 Å². The van der Waals surface area contributed by atoms with Crippen molar-refractivity contribution < 1.29 is 4.74 Å². The van der Waals surface area contributed by atoms with Crippen LogP contribution in [0.25, 0.3) is 0 Å². The van der Waals surface area contributed by atoms with E-state index < -0.39 is 0 Å². The van der Waals surface area contributed by atoms with Crippen molar-refractivity contribution in [3.05, 3.63) is 75.4 Å². The zero-order chi connectivity index (χ0) is 26.7. The van der Waals surface area contributed by atoms with Crippen LogP contribution in [0.5, 0.6) is 0 Å². The minimum absolute atomic E-state index is 0.166. The summed E-state index contributed by atoms with van der Waals surface area (Å²) in [6.07, 6.45) is 9.71. The second kappa shape index (κ2) is 11.4. The van der Waals surface area contributed by atoms with Crippen LogP contribution in [0.4, 0.5) is 5.69 Å². The zero-order valence-corrected chi connectivity index (χ0v) is 23.8. The van der Waals surface area contributed by atoms with Gasteiger partial charge in [0.1, 0.15) is 0 Å². The predicted molar refractivity (Wildman–Crippen MR) is 155 cm³/mol. The number of aliphatic imine (C=N–C) groups is 1. The molecule has 37 heavy (non-hydrogen) atoms. The van der Waals surface area contributed by atoms with E-state index in [1.54, 1.807) is 0 Å². The molecule has 0 bridgehead atoms. The first-order valence-corrected chi connectivity index (χ1v) is 14.3. The summed E-state index contributed by atoms with van der Waals surface area (Å²) in [4.78, 5) is 5.35. The van der Waals surface area contributed by atoms with Crippen molar-refractivity contribution in [3.8, 4) is 6.07 Å². The normalized spacial score (nSPS) is 21.0. The Labute approximate surface area is 224 Å². The maximum absolute atomic E-state index is 9.73. The van der Waals surface area contributed by atoms with E-state index in [2.05, 4.69) is 71.5 Å². The van der Waals surface area contributed by atoms with Gasteiger partial charge in [0.2, 0.25) is 0 Å². The highest BCUT2D eigenvalue weighted by Crippen LogP contribution is 2.46. The molecular weight excluding hydrogens is 452 g/mol. The van der Waals surface area contributed by atoms with Gasteiger partial charge in [-0.25, -0.2) is 0 Å². The third kappa shape index (κ3) is 5.46. The van der Waals surface area contributed by atoms with Gasteiger partial charge in [-0.3, -0.25) is 4.99 Å². The van der Waals surface area contributed by atoms with Gasteiger partial charge < -0.3 is 4.74 Å². The van der Waals surface area contributed by atoms with Gasteiger partial charge in [-0.2, -0.15) is 5.26 Å². The van der Waals surface area contributed by atoms with E-state index in [4.69, 9.17) is 9.73 Å². The fourth-order valence-electron chi connectivity index (χ4n) is 6.36. The van der Waals surface area contributed by atoms with Crippen LogP contribution in [0.1, 0.15) is 97.1 Å². The third-order valence-corrected chi connectivity index (χ3v) is 9.66. The molecule has 4 rings (SSSR count). The lowest BCUT2D eigenvalue weighted by molar-refractivity contribution is 0.0853. The number of nitrogens with zero attached hydrogens (tertiary/aromatic N) is 2. The number of hydrogen-bond donors (Lipinski definition) is 0. The Bertz CT molecular complexity index is 1210. The lowest BCUT2D eigenvalue weighted by atomic mass is 9.76. The highest BCUT2D eigenvalue weighted by molar-refractivity contribution is 5.90. The number of ether oxygens (including phenoxy) is 1. The van der Waals surface area contributed by atoms with Crippen LogP contribution in [-0.4, -0.2) is 18.9 Å². The molecule has 1 aromatic rings. The van der Waals surface area contributed by atoms with Crippen molar-refractivity contribution in [2.24, 2.45) is 16.3 Å². The topological polar surface area (TPSA) is 45.4 Å². The molecule has 0 radical (unpaired) electrons. The second-order valence-electron chi connectivity index (χ2n) is 11.2. The number of nitriles is 1. The summed E-state index contributed by atoms with van der Waals surface area (Å²) < 4.78 is 5.62. The van der Waals surface area contributed by atoms with Crippen molar-refractivity contribution in [3.63, 3.8) is 0 Å². The molecule has 1 atom stereocenters. The van der Waals surface area contributed by atoms with Crippen molar-refractivity contribution in [2.75, 3.05) is 13.2 Å². The van der Waals surface area contributed by atoms with Gasteiger partial charge in [0.25, 0.3) is 0 Å². The molecule has 1 aliphatic heterocycles. The molecule has 0 spiro atoms. The molecule has 3 aliphatic rings.